The van der Waals surface area contributed by atoms with Gasteiger partial charge in [-0.15, -0.1) is 0 Å². The maximum absolute atomic E-state index is 12.5. The van der Waals surface area contributed by atoms with E-state index in [1.165, 1.54) is 42.5 Å². The van der Waals surface area contributed by atoms with Gasteiger partial charge in [0.2, 0.25) is 5.75 Å². The number of carbonyl (C=O) groups excluding carboxylic acids is 2. The summed E-state index contributed by atoms with van der Waals surface area (Å²) in [5.41, 5.74) is -0.0592. The van der Waals surface area contributed by atoms with Crippen molar-refractivity contribution in [3.05, 3.63) is 87.6 Å². The van der Waals surface area contributed by atoms with Crippen molar-refractivity contribution in [2.75, 3.05) is 37.7 Å². The van der Waals surface area contributed by atoms with Gasteiger partial charge in [-0.2, -0.15) is 0 Å². The van der Waals surface area contributed by atoms with Crippen molar-refractivity contribution in [3.8, 4) is 11.5 Å². The van der Waals surface area contributed by atoms with Crippen LogP contribution in [0.15, 0.2) is 66.9 Å². The minimum Gasteiger partial charge on any atom is -0.452 e. The van der Waals surface area contributed by atoms with Gasteiger partial charge in [-0.3, -0.25) is 14.9 Å². The third-order valence-corrected chi connectivity index (χ3v) is 5.60. The zero-order chi connectivity index (χ0) is 24.8. The number of benzene rings is 2. The van der Waals surface area contributed by atoms with Gasteiger partial charge in [0.15, 0.2) is 6.61 Å². The van der Waals surface area contributed by atoms with Gasteiger partial charge in [0, 0.05) is 43.5 Å². The van der Waals surface area contributed by atoms with E-state index in [9.17, 15) is 19.7 Å². The number of anilines is 1. The first-order valence-electron chi connectivity index (χ1n) is 10.7. The summed E-state index contributed by atoms with van der Waals surface area (Å²) in [5, 5.41) is 11.4. The molecule has 0 unspecified atom stereocenters. The molecule has 2 aromatic carbocycles. The van der Waals surface area contributed by atoms with Gasteiger partial charge in [-0.1, -0.05) is 17.7 Å². The number of pyridine rings is 1. The number of halogens is 1. The number of rotatable bonds is 7. The van der Waals surface area contributed by atoms with Crippen molar-refractivity contribution in [2.45, 2.75) is 0 Å². The van der Waals surface area contributed by atoms with Gasteiger partial charge in [0.1, 0.15) is 11.6 Å². The molecule has 1 aliphatic rings. The fourth-order valence-electron chi connectivity index (χ4n) is 3.53. The molecule has 1 aliphatic heterocycles. The summed E-state index contributed by atoms with van der Waals surface area (Å²) in [5.74, 6) is 0.241. The monoisotopic (exact) mass is 496 g/mol. The molecule has 1 fully saturated rings. The van der Waals surface area contributed by atoms with Gasteiger partial charge in [-0.05, 0) is 48.5 Å². The smallest absolute Gasteiger partial charge is 0.338 e. The van der Waals surface area contributed by atoms with E-state index in [2.05, 4.69) is 9.88 Å². The summed E-state index contributed by atoms with van der Waals surface area (Å²) < 4.78 is 10.7. The maximum Gasteiger partial charge on any atom is 0.338 e. The lowest BCUT2D eigenvalue weighted by molar-refractivity contribution is -0.385. The number of carbonyl (C=O) groups is 2. The molecule has 0 bridgehead atoms. The Balaban J connectivity index is 1.27. The van der Waals surface area contributed by atoms with Crippen LogP contribution in [0.4, 0.5) is 11.5 Å². The topological polar surface area (TPSA) is 115 Å². The number of piperazine rings is 1. The fourth-order valence-corrected chi connectivity index (χ4v) is 3.70. The van der Waals surface area contributed by atoms with Gasteiger partial charge >= 0.3 is 11.7 Å². The van der Waals surface area contributed by atoms with E-state index in [4.69, 9.17) is 21.1 Å². The lowest BCUT2D eigenvalue weighted by Gasteiger charge is -2.35. The first-order chi connectivity index (χ1) is 16.9. The number of nitrogens with zero attached hydrogens (tertiary/aromatic N) is 4. The Morgan fingerprint density at radius 2 is 1.77 bits per heavy atom. The van der Waals surface area contributed by atoms with Crippen LogP contribution in [0.2, 0.25) is 5.02 Å². The predicted molar refractivity (Wildman–Crippen MR) is 128 cm³/mol. The van der Waals surface area contributed by atoms with Crippen LogP contribution in [-0.2, 0) is 9.53 Å². The van der Waals surface area contributed by atoms with E-state index < -0.39 is 10.9 Å². The molecule has 35 heavy (non-hydrogen) atoms. The molecule has 0 aliphatic carbocycles. The molecule has 3 aromatic rings. The van der Waals surface area contributed by atoms with E-state index in [1.807, 2.05) is 18.2 Å². The summed E-state index contributed by atoms with van der Waals surface area (Å²) in [6.45, 7) is 1.94. The summed E-state index contributed by atoms with van der Waals surface area (Å²) in [7, 11) is 0. The second kappa shape index (κ2) is 10.8. The molecule has 0 N–H and O–H groups in total. The molecule has 11 heteroatoms. The molecule has 2 heterocycles. The Kier molecular flexibility index (Phi) is 7.41. The highest BCUT2D eigenvalue weighted by Gasteiger charge is 2.23. The normalized spacial score (nSPS) is 13.3. The van der Waals surface area contributed by atoms with Crippen LogP contribution >= 0.6 is 11.6 Å². The molecule has 10 nitrogen and oxygen atoms in total. The number of aromatic nitrogens is 1. The van der Waals surface area contributed by atoms with Crippen molar-refractivity contribution in [2.24, 2.45) is 0 Å². The summed E-state index contributed by atoms with van der Waals surface area (Å²) >= 11 is 5.81. The van der Waals surface area contributed by atoms with Crippen molar-refractivity contribution >= 4 is 35.0 Å². The predicted octanol–water partition coefficient (Wildman–Crippen LogP) is 3.94. The van der Waals surface area contributed by atoms with Crippen molar-refractivity contribution in [3.63, 3.8) is 0 Å². The zero-order valence-electron chi connectivity index (χ0n) is 18.5. The average Bonchev–Trinajstić information content (AvgIpc) is 2.89. The maximum atomic E-state index is 12.5. The number of hydrogen-bond donors (Lipinski definition) is 0. The highest BCUT2D eigenvalue weighted by Crippen LogP contribution is 2.33. The first kappa shape index (κ1) is 24.0. The Morgan fingerprint density at radius 3 is 2.43 bits per heavy atom. The molecule has 180 valence electrons. The summed E-state index contributed by atoms with van der Waals surface area (Å²) in [6.07, 6.45) is 1.73. The molecular weight excluding hydrogens is 476 g/mol. The number of ether oxygens (including phenoxy) is 2. The molecule has 1 aromatic heterocycles. The number of nitro groups is 1. The average molecular weight is 497 g/mol. The zero-order valence-corrected chi connectivity index (χ0v) is 19.3. The number of amides is 1. The van der Waals surface area contributed by atoms with Crippen LogP contribution in [0.25, 0.3) is 0 Å². The molecular formula is C24H21ClN4O6. The molecule has 4 rings (SSSR count). The quantitative estimate of drug-likeness (QED) is 0.274. The second-order valence-corrected chi connectivity index (χ2v) is 8.06. The van der Waals surface area contributed by atoms with E-state index in [1.54, 1.807) is 11.1 Å². The Morgan fingerprint density at radius 1 is 1.03 bits per heavy atom. The standard InChI is InChI=1S/C24H21ClN4O6/c25-18-6-9-21(20(15-18)29(32)33)35-19-7-4-17(5-8-19)24(31)34-16-23(30)28-13-11-27(12-14-28)22-3-1-2-10-26-22/h1-10,15H,11-14,16H2. The second-order valence-electron chi connectivity index (χ2n) is 7.63. The van der Waals surface area contributed by atoms with Crippen LogP contribution in [-0.4, -0.2) is 59.5 Å². The van der Waals surface area contributed by atoms with E-state index in [0.29, 0.717) is 26.2 Å². The van der Waals surface area contributed by atoms with Gasteiger partial charge in [-0.25, -0.2) is 9.78 Å². The minimum absolute atomic E-state index is 0.0171. The third-order valence-electron chi connectivity index (χ3n) is 5.37. The van der Waals surface area contributed by atoms with Crippen molar-refractivity contribution in [1.82, 2.24) is 9.88 Å². The van der Waals surface area contributed by atoms with E-state index >= 15 is 0 Å². The van der Waals surface area contributed by atoms with Crippen LogP contribution in [0.3, 0.4) is 0 Å². The molecule has 0 radical (unpaired) electrons. The minimum atomic E-state index is -0.658. The fraction of sp³-hybridized carbons (Fsp3) is 0.208. The molecule has 1 amide bonds. The number of esters is 1. The summed E-state index contributed by atoms with van der Waals surface area (Å²) in [4.78, 5) is 43.5. The van der Waals surface area contributed by atoms with Crippen LogP contribution in [0.5, 0.6) is 11.5 Å². The molecule has 0 spiro atoms. The van der Waals surface area contributed by atoms with E-state index in [0.717, 1.165) is 5.82 Å². The first-order valence-corrected chi connectivity index (χ1v) is 11.1. The van der Waals surface area contributed by atoms with Crippen LogP contribution < -0.4 is 9.64 Å². The van der Waals surface area contributed by atoms with Crippen LogP contribution in [0, 0.1) is 10.1 Å². The number of hydrogen-bond acceptors (Lipinski definition) is 8. The third kappa shape index (κ3) is 6.04. The lowest BCUT2D eigenvalue weighted by Crippen LogP contribution is -2.50. The Bertz CT molecular complexity index is 1210. The van der Waals surface area contributed by atoms with Crippen LogP contribution in [0.1, 0.15) is 10.4 Å². The highest BCUT2D eigenvalue weighted by molar-refractivity contribution is 6.30. The number of nitro benzene ring substituents is 1. The SMILES string of the molecule is O=C(OCC(=O)N1CCN(c2ccccn2)CC1)c1ccc(Oc2ccc(Cl)cc2[N+](=O)[O-])cc1. The molecule has 1 saturated heterocycles. The highest BCUT2D eigenvalue weighted by atomic mass is 35.5. The molecule has 0 saturated carbocycles. The van der Waals surface area contributed by atoms with E-state index in [-0.39, 0.29) is 40.3 Å². The Labute approximate surface area is 205 Å². The van der Waals surface area contributed by atoms with Gasteiger partial charge < -0.3 is 19.3 Å². The lowest BCUT2D eigenvalue weighted by atomic mass is 10.2. The van der Waals surface area contributed by atoms with Gasteiger partial charge in [0.05, 0.1) is 10.5 Å². The van der Waals surface area contributed by atoms with Crippen molar-refractivity contribution < 1.29 is 24.0 Å². The molecule has 0 atom stereocenters. The Hall–Kier alpha value is -4.18. The largest absolute Gasteiger partial charge is 0.452 e. The summed E-state index contributed by atoms with van der Waals surface area (Å²) in [6, 6.07) is 15.6. The van der Waals surface area contributed by atoms with Gasteiger partial charge in [0.25, 0.3) is 5.91 Å². The van der Waals surface area contributed by atoms with Crippen molar-refractivity contribution in [1.29, 1.82) is 0 Å².